The molecule has 1 N–H and O–H groups in total. The first-order valence-electron chi connectivity index (χ1n) is 8.21. The Balaban J connectivity index is 1.67. The number of aromatic nitrogens is 4. The molecule has 2 aromatic rings. The number of rotatable bonds is 2. The number of nitrogens with zero attached hydrogens (tertiary/aromatic N) is 4. The minimum Gasteiger partial charge on any atom is -0.444 e. The van der Waals surface area contributed by atoms with E-state index in [0.717, 1.165) is 36.3 Å². The molecular weight excluding hydrogens is 306 g/mol. The molecule has 1 aliphatic rings. The van der Waals surface area contributed by atoms with Crippen LogP contribution in [0.25, 0.3) is 11.3 Å². The lowest BCUT2D eigenvalue weighted by molar-refractivity contribution is 0.0197. The molecular formula is C17H23N5O2. The highest BCUT2D eigenvalue weighted by Crippen LogP contribution is 2.27. The van der Waals surface area contributed by atoms with E-state index in [9.17, 15) is 4.79 Å². The Hall–Kier alpha value is -2.44. The number of carbonyl (C=O) groups excluding carboxylic acids is 1. The summed E-state index contributed by atoms with van der Waals surface area (Å²) in [6.07, 6.45) is 8.74. The molecule has 3 rings (SSSR count). The summed E-state index contributed by atoms with van der Waals surface area (Å²) < 4.78 is 5.47. The van der Waals surface area contributed by atoms with Crippen molar-refractivity contribution in [1.29, 1.82) is 0 Å². The summed E-state index contributed by atoms with van der Waals surface area (Å²) in [6, 6.07) is 0. The smallest absolute Gasteiger partial charge is 0.410 e. The molecule has 0 saturated carbocycles. The molecule has 7 nitrogen and oxygen atoms in total. The van der Waals surface area contributed by atoms with Crippen LogP contribution in [-0.2, 0) is 4.74 Å². The number of hydrogen-bond acceptors (Lipinski definition) is 5. The minimum atomic E-state index is -0.476. The second kappa shape index (κ2) is 6.59. The second-order valence-corrected chi connectivity index (χ2v) is 7.08. The summed E-state index contributed by atoms with van der Waals surface area (Å²) in [4.78, 5) is 23.0. The predicted molar refractivity (Wildman–Crippen MR) is 89.4 cm³/mol. The van der Waals surface area contributed by atoms with E-state index in [2.05, 4.69) is 20.2 Å². The molecule has 0 radical (unpaired) electrons. The van der Waals surface area contributed by atoms with Crippen molar-refractivity contribution in [3.8, 4) is 11.3 Å². The fourth-order valence-corrected chi connectivity index (χ4v) is 2.80. The molecule has 1 unspecified atom stereocenters. The third kappa shape index (κ3) is 3.90. The number of amides is 1. The first-order valence-corrected chi connectivity index (χ1v) is 8.21. The molecule has 1 fully saturated rings. The van der Waals surface area contributed by atoms with Crippen molar-refractivity contribution >= 4 is 6.09 Å². The number of H-pyrrole nitrogens is 1. The zero-order valence-corrected chi connectivity index (χ0v) is 14.3. The van der Waals surface area contributed by atoms with Crippen LogP contribution in [0.15, 0.2) is 24.8 Å². The minimum absolute atomic E-state index is 0.192. The molecule has 1 atom stereocenters. The van der Waals surface area contributed by atoms with E-state index in [1.165, 1.54) is 0 Å². The van der Waals surface area contributed by atoms with Gasteiger partial charge in [0.15, 0.2) is 0 Å². The molecule has 2 aromatic heterocycles. The molecule has 7 heteroatoms. The van der Waals surface area contributed by atoms with Crippen molar-refractivity contribution in [3.05, 3.63) is 30.5 Å². The molecule has 0 aromatic carbocycles. The number of hydrogen-bond donors (Lipinski definition) is 1. The molecule has 1 amide bonds. The van der Waals surface area contributed by atoms with Gasteiger partial charge in [0.1, 0.15) is 5.60 Å². The van der Waals surface area contributed by atoms with Crippen molar-refractivity contribution in [2.24, 2.45) is 0 Å². The molecule has 1 aliphatic heterocycles. The maximum atomic E-state index is 12.3. The second-order valence-electron chi connectivity index (χ2n) is 7.08. The van der Waals surface area contributed by atoms with Crippen molar-refractivity contribution in [1.82, 2.24) is 25.1 Å². The van der Waals surface area contributed by atoms with Crippen molar-refractivity contribution < 1.29 is 9.53 Å². The van der Waals surface area contributed by atoms with E-state index in [1.54, 1.807) is 29.7 Å². The van der Waals surface area contributed by atoms with Gasteiger partial charge in [0.05, 0.1) is 23.8 Å². The van der Waals surface area contributed by atoms with Crippen LogP contribution in [0.3, 0.4) is 0 Å². The lowest BCUT2D eigenvalue weighted by Gasteiger charge is -2.33. The van der Waals surface area contributed by atoms with Gasteiger partial charge in [-0.15, -0.1) is 0 Å². The van der Waals surface area contributed by atoms with Gasteiger partial charge in [0.2, 0.25) is 0 Å². The lowest BCUT2D eigenvalue weighted by Crippen LogP contribution is -2.42. The average Bonchev–Trinajstić information content (AvgIpc) is 3.08. The lowest BCUT2D eigenvalue weighted by atomic mass is 9.95. The van der Waals surface area contributed by atoms with Gasteiger partial charge in [-0.25, -0.2) is 4.79 Å². The molecule has 0 aliphatic carbocycles. The van der Waals surface area contributed by atoms with Gasteiger partial charge >= 0.3 is 6.09 Å². The Bertz CT molecular complexity index is 676. The number of nitrogens with one attached hydrogen (secondary N) is 1. The largest absolute Gasteiger partial charge is 0.444 e. The maximum Gasteiger partial charge on any atom is 0.410 e. The standard InChI is InChI=1S/C17H23N5O2/c1-17(2,3)24-16(23)22-6-4-5-12(11-22)14-9-19-15(10-18-14)13-7-20-21-8-13/h7-10,12H,4-6,11H2,1-3H3,(H,20,21). The van der Waals surface area contributed by atoms with Crippen LogP contribution in [0.1, 0.15) is 45.2 Å². The Morgan fingerprint density at radius 1 is 1.29 bits per heavy atom. The van der Waals surface area contributed by atoms with Crippen molar-refractivity contribution in [2.45, 2.75) is 45.1 Å². The first-order chi connectivity index (χ1) is 11.4. The zero-order chi connectivity index (χ0) is 17.2. The fourth-order valence-electron chi connectivity index (χ4n) is 2.80. The Labute approximate surface area is 141 Å². The summed E-state index contributed by atoms with van der Waals surface area (Å²) in [6.45, 7) is 6.99. The highest BCUT2D eigenvalue weighted by molar-refractivity contribution is 5.68. The summed E-state index contributed by atoms with van der Waals surface area (Å²) in [5, 5.41) is 6.69. The molecule has 1 saturated heterocycles. The number of ether oxygens (including phenoxy) is 1. The summed E-state index contributed by atoms with van der Waals surface area (Å²) in [5.41, 5.74) is 2.13. The van der Waals surface area contributed by atoms with Gasteiger partial charge in [-0.2, -0.15) is 5.10 Å². The van der Waals surface area contributed by atoms with E-state index in [-0.39, 0.29) is 12.0 Å². The van der Waals surface area contributed by atoms with Gasteiger partial charge < -0.3 is 9.64 Å². The number of aromatic amines is 1. The molecule has 0 spiro atoms. The number of carbonyl (C=O) groups is 1. The predicted octanol–water partition coefficient (Wildman–Crippen LogP) is 2.98. The van der Waals surface area contributed by atoms with Crippen LogP contribution in [-0.4, -0.2) is 49.8 Å². The van der Waals surface area contributed by atoms with Gasteiger partial charge in [-0.1, -0.05) is 0 Å². The van der Waals surface area contributed by atoms with Crippen LogP contribution < -0.4 is 0 Å². The van der Waals surface area contributed by atoms with Gasteiger partial charge in [0.25, 0.3) is 0 Å². The summed E-state index contributed by atoms with van der Waals surface area (Å²) in [7, 11) is 0. The summed E-state index contributed by atoms with van der Waals surface area (Å²) in [5.74, 6) is 0.192. The molecule has 0 bridgehead atoms. The highest BCUT2D eigenvalue weighted by Gasteiger charge is 2.29. The van der Waals surface area contributed by atoms with Crippen LogP contribution in [0, 0.1) is 0 Å². The maximum absolute atomic E-state index is 12.3. The van der Waals surface area contributed by atoms with Crippen LogP contribution in [0.5, 0.6) is 0 Å². The quantitative estimate of drug-likeness (QED) is 0.915. The van der Waals surface area contributed by atoms with Crippen LogP contribution in [0.4, 0.5) is 4.79 Å². The van der Waals surface area contributed by atoms with E-state index in [4.69, 9.17) is 4.74 Å². The topological polar surface area (TPSA) is 84.0 Å². The Kier molecular flexibility index (Phi) is 4.51. The average molecular weight is 329 g/mol. The molecule has 128 valence electrons. The third-order valence-electron chi connectivity index (χ3n) is 3.96. The van der Waals surface area contributed by atoms with Gasteiger partial charge in [-0.3, -0.25) is 15.1 Å². The van der Waals surface area contributed by atoms with E-state index in [0.29, 0.717) is 6.54 Å². The molecule has 24 heavy (non-hydrogen) atoms. The normalized spacial score (nSPS) is 18.5. The fraction of sp³-hybridized carbons (Fsp3) is 0.529. The summed E-state index contributed by atoms with van der Waals surface area (Å²) >= 11 is 0. The Morgan fingerprint density at radius 3 is 2.75 bits per heavy atom. The number of piperidine rings is 1. The van der Waals surface area contributed by atoms with Gasteiger partial charge in [-0.05, 0) is 33.6 Å². The van der Waals surface area contributed by atoms with E-state index in [1.807, 2.05) is 20.8 Å². The molecule has 3 heterocycles. The monoisotopic (exact) mass is 329 g/mol. The SMILES string of the molecule is CC(C)(C)OC(=O)N1CCCC(c2cnc(-c3cn[nH]c3)cn2)C1. The van der Waals surface area contributed by atoms with Crippen molar-refractivity contribution in [3.63, 3.8) is 0 Å². The Morgan fingerprint density at radius 2 is 2.12 bits per heavy atom. The van der Waals surface area contributed by atoms with Crippen molar-refractivity contribution in [2.75, 3.05) is 13.1 Å². The van der Waals surface area contributed by atoms with E-state index >= 15 is 0 Å². The van der Waals surface area contributed by atoms with Crippen LogP contribution in [0.2, 0.25) is 0 Å². The number of likely N-dealkylation sites (tertiary alicyclic amines) is 1. The zero-order valence-electron chi connectivity index (χ0n) is 14.3. The van der Waals surface area contributed by atoms with E-state index < -0.39 is 5.60 Å². The van der Waals surface area contributed by atoms with Crippen LogP contribution >= 0.6 is 0 Å². The first kappa shape index (κ1) is 16.4. The van der Waals surface area contributed by atoms with Gasteiger partial charge in [0, 0.05) is 37.0 Å². The highest BCUT2D eigenvalue weighted by atomic mass is 16.6. The third-order valence-corrected chi connectivity index (χ3v) is 3.96.